The maximum Gasteiger partial charge on any atom is 0.149 e. The minimum absolute atomic E-state index is 0.152. The van der Waals surface area contributed by atoms with Crippen LogP contribution in [0.4, 0.5) is 5.82 Å². The highest BCUT2D eigenvalue weighted by atomic mass is 35.5. The van der Waals surface area contributed by atoms with Gasteiger partial charge >= 0.3 is 0 Å². The highest BCUT2D eigenvalue weighted by molar-refractivity contribution is 7.99. The first-order valence-corrected chi connectivity index (χ1v) is 7.12. The van der Waals surface area contributed by atoms with Crippen molar-refractivity contribution in [3.05, 3.63) is 41.0 Å². The Balaban J connectivity index is 2.78. The molecule has 0 fully saturated rings. The summed E-state index contributed by atoms with van der Waals surface area (Å²) in [6, 6.07) is 11.8. The van der Waals surface area contributed by atoms with Gasteiger partial charge in [-0.1, -0.05) is 48.9 Å². The van der Waals surface area contributed by atoms with Gasteiger partial charge in [0, 0.05) is 5.56 Å². The van der Waals surface area contributed by atoms with Gasteiger partial charge in [-0.2, -0.15) is 5.26 Å². The summed E-state index contributed by atoms with van der Waals surface area (Å²) < 4.78 is 0. The van der Waals surface area contributed by atoms with Crippen molar-refractivity contribution in [2.75, 3.05) is 11.5 Å². The maximum atomic E-state index is 9.32. The Kier molecular flexibility index (Phi) is 4.31. The number of nitrogens with zero attached hydrogens (tertiary/aromatic N) is 2. The van der Waals surface area contributed by atoms with Crippen LogP contribution in [0.1, 0.15) is 12.5 Å². The monoisotopic (exact) mass is 289 g/mol. The zero-order chi connectivity index (χ0) is 13.8. The molecule has 0 atom stereocenters. The summed E-state index contributed by atoms with van der Waals surface area (Å²) in [7, 11) is 0. The van der Waals surface area contributed by atoms with E-state index in [1.807, 2.05) is 37.3 Å². The van der Waals surface area contributed by atoms with E-state index in [0.717, 1.165) is 21.8 Å². The van der Waals surface area contributed by atoms with E-state index in [1.54, 1.807) is 11.8 Å². The van der Waals surface area contributed by atoms with Crippen LogP contribution in [0, 0.1) is 11.3 Å². The van der Waals surface area contributed by atoms with Crippen molar-refractivity contribution in [2.45, 2.75) is 11.8 Å². The van der Waals surface area contributed by atoms with Crippen LogP contribution in [0.5, 0.6) is 0 Å². The SMILES string of the molecule is CCSc1c(N)nc(Cl)c(C#N)c1-c1ccccc1. The molecular formula is C14H12ClN3S. The third-order valence-corrected chi connectivity index (χ3v) is 3.86. The quantitative estimate of drug-likeness (QED) is 0.686. The van der Waals surface area contributed by atoms with E-state index >= 15 is 0 Å². The van der Waals surface area contributed by atoms with Crippen molar-refractivity contribution in [1.29, 1.82) is 5.26 Å². The van der Waals surface area contributed by atoms with E-state index in [2.05, 4.69) is 11.1 Å². The fraction of sp³-hybridized carbons (Fsp3) is 0.143. The number of hydrogen-bond donors (Lipinski definition) is 1. The largest absolute Gasteiger partial charge is 0.383 e. The first-order valence-electron chi connectivity index (χ1n) is 5.76. The summed E-state index contributed by atoms with van der Waals surface area (Å²) in [6.45, 7) is 2.03. The van der Waals surface area contributed by atoms with Gasteiger partial charge in [0.1, 0.15) is 17.0 Å². The molecule has 1 aromatic carbocycles. The number of nitriles is 1. The molecule has 0 spiro atoms. The van der Waals surface area contributed by atoms with Gasteiger partial charge < -0.3 is 5.73 Å². The summed E-state index contributed by atoms with van der Waals surface area (Å²) in [5, 5.41) is 9.47. The minimum atomic E-state index is 0.152. The minimum Gasteiger partial charge on any atom is -0.383 e. The lowest BCUT2D eigenvalue weighted by Gasteiger charge is -2.13. The molecule has 0 unspecified atom stereocenters. The highest BCUT2D eigenvalue weighted by Gasteiger charge is 2.18. The van der Waals surface area contributed by atoms with E-state index in [0.29, 0.717) is 11.4 Å². The predicted octanol–water partition coefficient (Wildman–Crippen LogP) is 3.97. The lowest BCUT2D eigenvalue weighted by molar-refractivity contribution is 1.23. The molecule has 0 saturated carbocycles. The van der Waals surface area contributed by atoms with Crippen LogP contribution in [-0.4, -0.2) is 10.7 Å². The summed E-state index contributed by atoms with van der Waals surface area (Å²) in [5.74, 6) is 1.22. The molecular weight excluding hydrogens is 278 g/mol. The molecule has 1 aromatic heterocycles. The van der Waals surface area contributed by atoms with Crippen molar-refractivity contribution >= 4 is 29.2 Å². The van der Waals surface area contributed by atoms with Gasteiger partial charge in [-0.05, 0) is 11.3 Å². The molecule has 2 N–H and O–H groups in total. The van der Waals surface area contributed by atoms with Crippen molar-refractivity contribution in [3.63, 3.8) is 0 Å². The van der Waals surface area contributed by atoms with E-state index in [-0.39, 0.29) is 5.15 Å². The molecule has 1 heterocycles. The predicted molar refractivity (Wildman–Crippen MR) is 80.2 cm³/mol. The summed E-state index contributed by atoms with van der Waals surface area (Å²) >= 11 is 7.60. The highest BCUT2D eigenvalue weighted by Crippen LogP contribution is 2.39. The van der Waals surface area contributed by atoms with Crippen molar-refractivity contribution in [3.8, 4) is 17.2 Å². The molecule has 0 aliphatic rings. The molecule has 0 aliphatic carbocycles. The second-order valence-electron chi connectivity index (χ2n) is 3.78. The zero-order valence-electron chi connectivity index (χ0n) is 10.4. The Morgan fingerprint density at radius 1 is 1.37 bits per heavy atom. The maximum absolute atomic E-state index is 9.32. The number of hydrogen-bond acceptors (Lipinski definition) is 4. The van der Waals surface area contributed by atoms with Crippen LogP contribution in [0.25, 0.3) is 11.1 Å². The fourth-order valence-electron chi connectivity index (χ4n) is 1.83. The van der Waals surface area contributed by atoms with E-state index in [1.165, 1.54) is 0 Å². The van der Waals surface area contributed by atoms with E-state index < -0.39 is 0 Å². The average Bonchev–Trinajstić information content (AvgIpc) is 2.42. The summed E-state index contributed by atoms with van der Waals surface area (Å²) in [6.07, 6.45) is 0. The first kappa shape index (κ1) is 13.7. The van der Waals surface area contributed by atoms with Crippen LogP contribution < -0.4 is 5.73 Å². The summed E-state index contributed by atoms with van der Waals surface area (Å²) in [5.41, 5.74) is 8.01. The standard InChI is InChI=1S/C14H12ClN3S/c1-2-19-12-11(9-6-4-3-5-7-9)10(8-16)13(15)18-14(12)17/h3-7H,2H2,1H3,(H2,17,18). The number of nitrogens with two attached hydrogens (primary N) is 1. The summed E-state index contributed by atoms with van der Waals surface area (Å²) in [4.78, 5) is 4.86. The number of anilines is 1. The Morgan fingerprint density at radius 3 is 2.63 bits per heavy atom. The van der Waals surface area contributed by atoms with Crippen LogP contribution >= 0.6 is 23.4 Å². The van der Waals surface area contributed by atoms with Crippen LogP contribution in [0.2, 0.25) is 5.15 Å². The van der Waals surface area contributed by atoms with Gasteiger partial charge in [0.15, 0.2) is 0 Å². The molecule has 3 nitrogen and oxygen atoms in total. The molecule has 2 rings (SSSR count). The molecule has 0 amide bonds. The van der Waals surface area contributed by atoms with Crippen molar-refractivity contribution in [2.24, 2.45) is 0 Å². The Bertz CT molecular complexity index is 635. The van der Waals surface area contributed by atoms with Gasteiger partial charge in [0.2, 0.25) is 0 Å². The van der Waals surface area contributed by atoms with Crippen LogP contribution in [-0.2, 0) is 0 Å². The molecule has 0 bridgehead atoms. The van der Waals surface area contributed by atoms with Gasteiger partial charge in [-0.3, -0.25) is 0 Å². The number of nitrogen functional groups attached to an aromatic ring is 1. The van der Waals surface area contributed by atoms with Gasteiger partial charge in [0.05, 0.1) is 10.5 Å². The molecule has 5 heteroatoms. The van der Waals surface area contributed by atoms with Gasteiger partial charge in [-0.15, -0.1) is 11.8 Å². The van der Waals surface area contributed by atoms with Crippen molar-refractivity contribution in [1.82, 2.24) is 4.98 Å². The molecule has 96 valence electrons. The average molecular weight is 290 g/mol. The molecule has 19 heavy (non-hydrogen) atoms. The third-order valence-electron chi connectivity index (χ3n) is 2.60. The van der Waals surface area contributed by atoms with E-state index in [4.69, 9.17) is 17.3 Å². The Labute approximate surface area is 121 Å². The number of thioether (sulfide) groups is 1. The van der Waals surface area contributed by atoms with Crippen LogP contribution in [0.15, 0.2) is 35.2 Å². The normalized spacial score (nSPS) is 10.2. The topological polar surface area (TPSA) is 62.7 Å². The molecule has 0 aliphatic heterocycles. The number of benzene rings is 1. The second kappa shape index (κ2) is 5.96. The molecule has 0 saturated heterocycles. The number of halogens is 1. The third kappa shape index (κ3) is 2.67. The van der Waals surface area contributed by atoms with Crippen LogP contribution in [0.3, 0.4) is 0 Å². The Morgan fingerprint density at radius 2 is 2.05 bits per heavy atom. The van der Waals surface area contributed by atoms with Gasteiger partial charge in [-0.25, -0.2) is 4.98 Å². The van der Waals surface area contributed by atoms with Gasteiger partial charge in [0.25, 0.3) is 0 Å². The Hall–Kier alpha value is -1.70. The fourth-order valence-corrected chi connectivity index (χ4v) is 2.90. The lowest BCUT2D eigenvalue weighted by Crippen LogP contribution is -2.00. The number of rotatable bonds is 3. The van der Waals surface area contributed by atoms with E-state index in [9.17, 15) is 5.26 Å². The second-order valence-corrected chi connectivity index (χ2v) is 5.41. The number of aromatic nitrogens is 1. The lowest BCUT2D eigenvalue weighted by atomic mass is 10.0. The number of pyridine rings is 1. The smallest absolute Gasteiger partial charge is 0.149 e. The van der Waals surface area contributed by atoms with Crippen molar-refractivity contribution < 1.29 is 0 Å². The zero-order valence-corrected chi connectivity index (χ0v) is 11.9. The first-order chi connectivity index (χ1) is 9.19. The molecule has 0 radical (unpaired) electrons. The molecule has 2 aromatic rings.